The molecule has 3 N–H and O–H groups in total. The number of aliphatic hydroxyl groups excluding tert-OH is 2. The Balaban J connectivity index is 1.59. The molecule has 164 valence electrons. The summed E-state index contributed by atoms with van der Waals surface area (Å²) in [5.74, 6) is -0.151. The molecule has 3 atom stereocenters. The number of alkyl halides is 3. The normalized spacial score (nSPS) is 21.8. The molecule has 1 aliphatic rings. The standard InChI is InChI=1S/C21H22F3N5O2/c1-12-7-13(14-10-26-29(11-14)16-3-2-4-17(30)19(16)31)9-15(8-12)27-20-25-6-5-18(28-20)21(22,23)24/h5-11,16-17,19,30-31H,2-4H2,1H3,(H,25,27,28)/t16?,17-,19-/m0/s1. The van der Waals surface area contributed by atoms with E-state index in [4.69, 9.17) is 0 Å². The smallest absolute Gasteiger partial charge is 0.390 e. The third-order valence-corrected chi connectivity index (χ3v) is 5.34. The maximum absolute atomic E-state index is 12.9. The lowest BCUT2D eigenvalue weighted by atomic mass is 9.90. The lowest BCUT2D eigenvalue weighted by molar-refractivity contribution is -0.141. The van der Waals surface area contributed by atoms with E-state index in [1.54, 1.807) is 29.2 Å². The molecule has 0 saturated heterocycles. The van der Waals surface area contributed by atoms with E-state index in [2.05, 4.69) is 20.4 Å². The summed E-state index contributed by atoms with van der Waals surface area (Å²) < 4.78 is 40.4. The molecule has 7 nitrogen and oxygen atoms in total. The summed E-state index contributed by atoms with van der Waals surface area (Å²) >= 11 is 0. The van der Waals surface area contributed by atoms with E-state index in [1.165, 1.54) is 0 Å². The minimum absolute atomic E-state index is 0.151. The van der Waals surface area contributed by atoms with Gasteiger partial charge in [0.25, 0.3) is 0 Å². The third-order valence-electron chi connectivity index (χ3n) is 5.34. The van der Waals surface area contributed by atoms with Gasteiger partial charge in [-0.15, -0.1) is 0 Å². The summed E-state index contributed by atoms with van der Waals surface area (Å²) in [6, 6.07) is 5.98. The van der Waals surface area contributed by atoms with E-state index in [0.717, 1.165) is 35.4 Å². The van der Waals surface area contributed by atoms with Gasteiger partial charge in [-0.1, -0.05) is 6.07 Å². The molecule has 10 heteroatoms. The van der Waals surface area contributed by atoms with Crippen molar-refractivity contribution in [2.75, 3.05) is 5.32 Å². The highest BCUT2D eigenvalue weighted by molar-refractivity contribution is 5.70. The summed E-state index contributed by atoms with van der Waals surface area (Å²) in [4.78, 5) is 7.41. The van der Waals surface area contributed by atoms with Crippen LogP contribution < -0.4 is 5.32 Å². The molecule has 0 spiro atoms. The van der Waals surface area contributed by atoms with Crippen molar-refractivity contribution in [2.24, 2.45) is 0 Å². The molecule has 0 aliphatic heterocycles. The highest BCUT2D eigenvalue weighted by Gasteiger charge is 2.33. The Bertz CT molecular complexity index is 1070. The quantitative estimate of drug-likeness (QED) is 0.578. The molecule has 0 radical (unpaired) electrons. The molecule has 0 bridgehead atoms. The number of aromatic nitrogens is 4. The lowest BCUT2D eigenvalue weighted by Gasteiger charge is -2.31. The van der Waals surface area contributed by atoms with Gasteiger partial charge in [0.05, 0.1) is 18.3 Å². The molecule has 3 aromatic rings. The summed E-state index contributed by atoms with van der Waals surface area (Å²) in [6.07, 6.45) is 0.392. The molecule has 1 aromatic carbocycles. The van der Waals surface area contributed by atoms with Crippen LogP contribution in [0.4, 0.5) is 24.8 Å². The van der Waals surface area contributed by atoms with Gasteiger partial charge in [-0.3, -0.25) is 4.68 Å². The zero-order chi connectivity index (χ0) is 22.2. The Hall–Kier alpha value is -2.98. The van der Waals surface area contributed by atoms with E-state index in [9.17, 15) is 23.4 Å². The van der Waals surface area contributed by atoms with Gasteiger partial charge in [0.15, 0.2) is 0 Å². The van der Waals surface area contributed by atoms with Crippen LogP contribution >= 0.6 is 0 Å². The van der Waals surface area contributed by atoms with Gasteiger partial charge in [0.1, 0.15) is 11.8 Å². The number of benzene rings is 1. The number of aliphatic hydroxyl groups is 2. The Kier molecular flexibility index (Phi) is 5.67. The van der Waals surface area contributed by atoms with Gasteiger partial charge in [-0.05, 0) is 55.5 Å². The molecule has 1 fully saturated rings. The average Bonchev–Trinajstić information content (AvgIpc) is 3.19. The van der Waals surface area contributed by atoms with Crippen LogP contribution in [0.15, 0.2) is 42.9 Å². The van der Waals surface area contributed by atoms with Crippen molar-refractivity contribution in [1.82, 2.24) is 19.7 Å². The summed E-state index contributed by atoms with van der Waals surface area (Å²) in [7, 11) is 0. The maximum Gasteiger partial charge on any atom is 0.433 e. The predicted octanol–water partition coefficient (Wildman–Crippen LogP) is 3.86. The molecule has 1 saturated carbocycles. The minimum Gasteiger partial charge on any atom is -0.390 e. The molecule has 31 heavy (non-hydrogen) atoms. The van der Waals surface area contributed by atoms with Crippen LogP contribution in [0.2, 0.25) is 0 Å². The average molecular weight is 433 g/mol. The molecular formula is C21H22F3N5O2. The van der Waals surface area contributed by atoms with Crippen molar-refractivity contribution in [3.05, 3.63) is 54.1 Å². The fourth-order valence-electron chi connectivity index (χ4n) is 3.82. The van der Waals surface area contributed by atoms with Gasteiger partial charge in [0.2, 0.25) is 5.95 Å². The van der Waals surface area contributed by atoms with Crippen molar-refractivity contribution < 1.29 is 23.4 Å². The van der Waals surface area contributed by atoms with Crippen LogP contribution in [0.3, 0.4) is 0 Å². The van der Waals surface area contributed by atoms with Crippen LogP contribution in [0.1, 0.15) is 36.6 Å². The molecular weight excluding hydrogens is 411 g/mol. The van der Waals surface area contributed by atoms with E-state index in [0.29, 0.717) is 18.5 Å². The van der Waals surface area contributed by atoms with Gasteiger partial charge >= 0.3 is 6.18 Å². The zero-order valence-corrected chi connectivity index (χ0v) is 16.7. The van der Waals surface area contributed by atoms with Gasteiger partial charge in [0, 0.05) is 23.6 Å². The number of rotatable bonds is 4. The number of anilines is 2. The second-order valence-corrected chi connectivity index (χ2v) is 7.74. The minimum atomic E-state index is -4.55. The Morgan fingerprint density at radius 3 is 2.71 bits per heavy atom. The Morgan fingerprint density at radius 2 is 1.94 bits per heavy atom. The molecule has 0 amide bonds. The Labute approximate surface area is 176 Å². The third kappa shape index (κ3) is 4.70. The van der Waals surface area contributed by atoms with Crippen LogP contribution in [-0.4, -0.2) is 42.2 Å². The topological polar surface area (TPSA) is 96.1 Å². The van der Waals surface area contributed by atoms with Crippen molar-refractivity contribution in [1.29, 1.82) is 0 Å². The van der Waals surface area contributed by atoms with Crippen molar-refractivity contribution in [3.63, 3.8) is 0 Å². The first-order chi connectivity index (χ1) is 14.7. The Morgan fingerprint density at radius 1 is 1.13 bits per heavy atom. The number of aryl methyl sites for hydroxylation is 1. The second kappa shape index (κ2) is 8.27. The first-order valence-electron chi connectivity index (χ1n) is 9.90. The number of nitrogens with zero attached hydrogens (tertiary/aromatic N) is 4. The fraction of sp³-hybridized carbons (Fsp3) is 0.381. The lowest BCUT2D eigenvalue weighted by Crippen LogP contribution is -2.38. The second-order valence-electron chi connectivity index (χ2n) is 7.74. The van der Waals surface area contributed by atoms with Crippen LogP contribution in [0, 0.1) is 6.92 Å². The molecule has 2 heterocycles. The van der Waals surface area contributed by atoms with Gasteiger partial charge in [-0.25, -0.2) is 9.97 Å². The summed E-state index contributed by atoms with van der Waals surface area (Å²) in [5.41, 5.74) is 1.98. The summed E-state index contributed by atoms with van der Waals surface area (Å²) in [5, 5.41) is 27.4. The van der Waals surface area contributed by atoms with Crippen LogP contribution in [0.5, 0.6) is 0 Å². The maximum atomic E-state index is 12.9. The van der Waals surface area contributed by atoms with Gasteiger partial charge in [-0.2, -0.15) is 18.3 Å². The van der Waals surface area contributed by atoms with E-state index in [-0.39, 0.29) is 12.0 Å². The van der Waals surface area contributed by atoms with E-state index < -0.39 is 24.1 Å². The number of hydrogen-bond acceptors (Lipinski definition) is 6. The fourth-order valence-corrected chi connectivity index (χ4v) is 3.82. The molecule has 1 aliphatic carbocycles. The largest absolute Gasteiger partial charge is 0.433 e. The van der Waals surface area contributed by atoms with E-state index >= 15 is 0 Å². The number of nitrogens with one attached hydrogen (secondary N) is 1. The van der Waals surface area contributed by atoms with Crippen molar-refractivity contribution >= 4 is 11.6 Å². The molecule has 1 unspecified atom stereocenters. The van der Waals surface area contributed by atoms with Crippen LogP contribution in [-0.2, 0) is 6.18 Å². The van der Waals surface area contributed by atoms with E-state index in [1.807, 2.05) is 13.0 Å². The predicted molar refractivity (Wildman–Crippen MR) is 108 cm³/mol. The highest BCUT2D eigenvalue weighted by atomic mass is 19.4. The van der Waals surface area contributed by atoms with Gasteiger partial charge < -0.3 is 15.5 Å². The van der Waals surface area contributed by atoms with Crippen molar-refractivity contribution in [3.8, 4) is 11.1 Å². The SMILES string of the molecule is Cc1cc(Nc2nccc(C(F)(F)F)n2)cc(-c2cnn(C3CCC[C@H](O)[C@H]3O)c2)c1. The molecule has 2 aromatic heterocycles. The monoisotopic (exact) mass is 433 g/mol. The number of hydrogen-bond donors (Lipinski definition) is 3. The van der Waals surface area contributed by atoms with Crippen molar-refractivity contribution in [2.45, 2.75) is 50.6 Å². The first kappa shape index (κ1) is 21.3. The summed E-state index contributed by atoms with van der Waals surface area (Å²) in [6.45, 7) is 1.87. The highest BCUT2D eigenvalue weighted by Crippen LogP contribution is 2.32. The first-order valence-corrected chi connectivity index (χ1v) is 9.90. The van der Waals surface area contributed by atoms with Crippen LogP contribution in [0.25, 0.3) is 11.1 Å². The zero-order valence-electron chi connectivity index (χ0n) is 16.7. The molecule has 4 rings (SSSR count). The number of halogens is 3.